The summed E-state index contributed by atoms with van der Waals surface area (Å²) in [6.07, 6.45) is -2.55. The minimum atomic E-state index is -1.44. The lowest BCUT2D eigenvalue weighted by Gasteiger charge is -2.16. The minimum absolute atomic E-state index is 0.108. The molecule has 0 radical (unpaired) electrons. The molecule has 6 heteroatoms. The van der Waals surface area contributed by atoms with Gasteiger partial charge in [0, 0.05) is 6.54 Å². The van der Waals surface area contributed by atoms with Crippen molar-refractivity contribution in [3.05, 3.63) is 35.1 Å². The van der Waals surface area contributed by atoms with Crippen LogP contribution >= 0.6 is 0 Å². The van der Waals surface area contributed by atoms with Gasteiger partial charge in [-0.1, -0.05) is 6.07 Å². The van der Waals surface area contributed by atoms with Gasteiger partial charge in [-0.25, -0.2) is 9.18 Å². The van der Waals surface area contributed by atoms with E-state index in [0.29, 0.717) is 0 Å². The molecule has 0 aliphatic heterocycles. The van der Waals surface area contributed by atoms with E-state index in [1.54, 1.807) is 0 Å². The summed E-state index contributed by atoms with van der Waals surface area (Å²) in [7, 11) is 0. The van der Waals surface area contributed by atoms with Crippen molar-refractivity contribution in [3.63, 3.8) is 0 Å². The van der Waals surface area contributed by atoms with Crippen molar-refractivity contribution in [2.45, 2.75) is 12.2 Å². The van der Waals surface area contributed by atoms with Gasteiger partial charge in [0.2, 0.25) is 0 Å². The number of benzene rings is 1. The van der Waals surface area contributed by atoms with Crippen LogP contribution in [0.1, 0.15) is 22.0 Å². The molecule has 88 valence electrons. The van der Waals surface area contributed by atoms with Crippen molar-refractivity contribution < 1.29 is 24.5 Å². The topological polar surface area (TPSA) is 104 Å². The number of halogens is 1. The molecule has 0 fully saturated rings. The van der Waals surface area contributed by atoms with E-state index in [1.807, 2.05) is 0 Å². The predicted molar refractivity (Wildman–Crippen MR) is 53.4 cm³/mol. The molecule has 0 aromatic heterocycles. The summed E-state index contributed by atoms with van der Waals surface area (Å²) in [4.78, 5) is 10.6. The van der Waals surface area contributed by atoms with Gasteiger partial charge < -0.3 is 21.1 Å². The molecule has 0 aliphatic rings. The second-order valence-electron chi connectivity index (χ2n) is 3.29. The summed E-state index contributed by atoms with van der Waals surface area (Å²) in [6.45, 7) is -0.180. The van der Waals surface area contributed by atoms with E-state index in [1.165, 1.54) is 6.07 Å². The lowest BCUT2D eigenvalue weighted by Crippen LogP contribution is -2.27. The van der Waals surface area contributed by atoms with E-state index >= 15 is 0 Å². The summed E-state index contributed by atoms with van der Waals surface area (Å²) < 4.78 is 13.0. The van der Waals surface area contributed by atoms with Gasteiger partial charge in [-0.15, -0.1) is 0 Å². The van der Waals surface area contributed by atoms with E-state index in [4.69, 9.17) is 10.8 Å². The van der Waals surface area contributed by atoms with Crippen LogP contribution in [0.15, 0.2) is 18.2 Å². The minimum Gasteiger partial charge on any atom is -0.478 e. The molecule has 0 heterocycles. The summed E-state index contributed by atoms with van der Waals surface area (Å²) >= 11 is 0. The summed E-state index contributed by atoms with van der Waals surface area (Å²) in [6, 6.07) is 3.10. The van der Waals surface area contributed by atoms with Gasteiger partial charge >= 0.3 is 5.97 Å². The molecule has 5 N–H and O–H groups in total. The van der Waals surface area contributed by atoms with E-state index < -0.39 is 29.6 Å². The maximum absolute atomic E-state index is 13.0. The van der Waals surface area contributed by atoms with Crippen LogP contribution in [0.5, 0.6) is 0 Å². The first-order valence-electron chi connectivity index (χ1n) is 4.56. The van der Waals surface area contributed by atoms with Crippen LogP contribution in [0.4, 0.5) is 4.39 Å². The van der Waals surface area contributed by atoms with E-state index in [2.05, 4.69) is 0 Å². The number of carboxylic acids is 1. The average Bonchev–Trinajstić information content (AvgIpc) is 2.27. The van der Waals surface area contributed by atoms with Crippen LogP contribution < -0.4 is 5.73 Å². The van der Waals surface area contributed by atoms with Gasteiger partial charge in [0.1, 0.15) is 11.9 Å². The first kappa shape index (κ1) is 12.6. The molecule has 0 aliphatic carbocycles. The van der Waals surface area contributed by atoms with Crippen LogP contribution in [0.2, 0.25) is 0 Å². The smallest absolute Gasteiger partial charge is 0.338 e. The Balaban J connectivity index is 3.07. The largest absolute Gasteiger partial charge is 0.478 e. The molecule has 0 bridgehead atoms. The zero-order chi connectivity index (χ0) is 12.3. The van der Waals surface area contributed by atoms with Crippen LogP contribution in [0, 0.1) is 5.82 Å². The Bertz CT molecular complexity index is 396. The molecule has 1 aromatic carbocycles. The molecule has 0 spiro atoms. The van der Waals surface area contributed by atoms with Gasteiger partial charge in [-0.2, -0.15) is 0 Å². The van der Waals surface area contributed by atoms with Gasteiger partial charge in [-0.3, -0.25) is 0 Å². The van der Waals surface area contributed by atoms with Crippen molar-refractivity contribution in [1.29, 1.82) is 0 Å². The Hall–Kier alpha value is -1.50. The second-order valence-corrected chi connectivity index (χ2v) is 3.29. The number of hydrogen-bond donors (Lipinski definition) is 4. The summed E-state index contributed by atoms with van der Waals surface area (Å²) in [5.74, 6) is -2.33. The Morgan fingerprint density at radius 1 is 1.44 bits per heavy atom. The Kier molecular flexibility index (Phi) is 3.94. The highest BCUT2D eigenvalue weighted by molar-refractivity contribution is 5.88. The third-order valence-corrected chi connectivity index (χ3v) is 2.17. The number of nitrogens with two attached hydrogens (primary N) is 1. The number of aromatic carboxylic acids is 1. The number of aliphatic hydroxyl groups excluding tert-OH is 2. The SMILES string of the molecule is NCC(O)C(O)c1ccc(F)c(C(=O)O)c1. The first-order valence-corrected chi connectivity index (χ1v) is 4.56. The molecule has 2 atom stereocenters. The van der Waals surface area contributed by atoms with Crippen LogP contribution in [-0.4, -0.2) is 33.9 Å². The highest BCUT2D eigenvalue weighted by atomic mass is 19.1. The van der Waals surface area contributed by atoms with Gasteiger partial charge in [0.25, 0.3) is 0 Å². The van der Waals surface area contributed by atoms with Crippen LogP contribution in [0.25, 0.3) is 0 Å². The quantitative estimate of drug-likeness (QED) is 0.576. The highest BCUT2D eigenvalue weighted by Crippen LogP contribution is 2.19. The summed E-state index contributed by atoms with van der Waals surface area (Å²) in [5.41, 5.74) is 4.69. The molecular weight excluding hydrogens is 217 g/mol. The zero-order valence-corrected chi connectivity index (χ0v) is 8.30. The van der Waals surface area contributed by atoms with Gasteiger partial charge in [0.15, 0.2) is 0 Å². The number of carboxylic acid groups (broad SMARTS) is 1. The van der Waals surface area contributed by atoms with Crippen molar-refractivity contribution in [3.8, 4) is 0 Å². The fourth-order valence-corrected chi connectivity index (χ4v) is 1.24. The molecule has 0 amide bonds. The Labute approximate surface area is 90.9 Å². The predicted octanol–water partition coefficient (Wildman–Crippen LogP) is -0.123. The molecule has 1 aromatic rings. The normalized spacial score (nSPS) is 14.5. The van der Waals surface area contributed by atoms with Crippen molar-refractivity contribution in [2.24, 2.45) is 5.73 Å². The monoisotopic (exact) mass is 229 g/mol. The van der Waals surface area contributed by atoms with Gasteiger partial charge in [0.05, 0.1) is 11.7 Å². The molecule has 16 heavy (non-hydrogen) atoms. The Morgan fingerprint density at radius 3 is 2.56 bits per heavy atom. The molecule has 1 rings (SSSR count). The lowest BCUT2D eigenvalue weighted by atomic mass is 10.0. The van der Waals surface area contributed by atoms with Crippen molar-refractivity contribution in [2.75, 3.05) is 6.54 Å². The fraction of sp³-hybridized carbons (Fsp3) is 0.300. The summed E-state index contributed by atoms with van der Waals surface area (Å²) in [5, 5.41) is 27.5. The van der Waals surface area contributed by atoms with E-state index in [0.717, 1.165) is 12.1 Å². The van der Waals surface area contributed by atoms with Crippen molar-refractivity contribution in [1.82, 2.24) is 0 Å². The third kappa shape index (κ3) is 2.54. The lowest BCUT2D eigenvalue weighted by molar-refractivity contribution is 0.0242. The van der Waals surface area contributed by atoms with Crippen molar-refractivity contribution >= 4 is 5.97 Å². The number of aliphatic hydroxyl groups is 2. The average molecular weight is 229 g/mol. The Morgan fingerprint density at radius 2 is 2.06 bits per heavy atom. The zero-order valence-electron chi connectivity index (χ0n) is 8.30. The van der Waals surface area contributed by atoms with E-state index in [9.17, 15) is 19.4 Å². The third-order valence-electron chi connectivity index (χ3n) is 2.17. The highest BCUT2D eigenvalue weighted by Gasteiger charge is 2.19. The molecule has 0 saturated heterocycles. The number of carbonyl (C=O) groups is 1. The van der Waals surface area contributed by atoms with E-state index in [-0.39, 0.29) is 12.1 Å². The van der Waals surface area contributed by atoms with Gasteiger partial charge in [-0.05, 0) is 17.7 Å². The van der Waals surface area contributed by atoms with Crippen LogP contribution in [-0.2, 0) is 0 Å². The molecular formula is C10H12FNO4. The number of hydrogen-bond acceptors (Lipinski definition) is 4. The molecule has 5 nitrogen and oxygen atoms in total. The standard InChI is InChI=1S/C10H12FNO4/c11-7-2-1-5(3-6(7)10(15)16)9(14)8(13)4-12/h1-3,8-9,13-14H,4,12H2,(H,15,16). The second kappa shape index (κ2) is 5.02. The molecule has 2 unspecified atom stereocenters. The fourth-order valence-electron chi connectivity index (χ4n) is 1.24. The number of rotatable bonds is 4. The first-order chi connectivity index (χ1) is 7.47. The maximum Gasteiger partial charge on any atom is 0.338 e. The molecule has 0 saturated carbocycles. The van der Waals surface area contributed by atoms with Crippen LogP contribution in [0.3, 0.4) is 0 Å². The maximum atomic E-state index is 13.0.